The van der Waals surface area contributed by atoms with Crippen LogP contribution in [-0.2, 0) is 11.3 Å². The Kier molecular flexibility index (Phi) is 6.62. The summed E-state index contributed by atoms with van der Waals surface area (Å²) in [5, 5.41) is 15.3. The van der Waals surface area contributed by atoms with Crippen LogP contribution in [-0.4, -0.2) is 47.5 Å². The van der Waals surface area contributed by atoms with E-state index in [4.69, 9.17) is 9.15 Å². The molecule has 0 saturated heterocycles. The first kappa shape index (κ1) is 15.6. The van der Waals surface area contributed by atoms with Crippen molar-refractivity contribution in [3.8, 4) is 0 Å². The van der Waals surface area contributed by atoms with Gasteiger partial charge in [-0.2, -0.15) is 11.8 Å². The Morgan fingerprint density at radius 2 is 2.30 bits per heavy atom. The Labute approximate surface area is 124 Å². The summed E-state index contributed by atoms with van der Waals surface area (Å²) in [6, 6.07) is 0.997. The van der Waals surface area contributed by atoms with Gasteiger partial charge in [0.15, 0.2) is 0 Å². The summed E-state index contributed by atoms with van der Waals surface area (Å²) in [7, 11) is 1.68. The van der Waals surface area contributed by atoms with Crippen molar-refractivity contribution in [3.05, 3.63) is 5.89 Å². The van der Waals surface area contributed by atoms with Gasteiger partial charge in [-0.15, -0.1) is 5.10 Å². The molecule has 2 N–H and O–H groups in total. The lowest BCUT2D eigenvalue weighted by molar-refractivity contribution is 0.198. The predicted octanol–water partition coefficient (Wildman–Crippen LogP) is 1.89. The second kappa shape index (κ2) is 8.49. The Morgan fingerprint density at radius 3 is 3.10 bits per heavy atom. The SMILES string of the molecule is CCSC1CCCC1Nc1nnc(CNCCOC)o1. The summed E-state index contributed by atoms with van der Waals surface area (Å²) in [5.74, 6) is 1.77. The molecule has 1 heterocycles. The van der Waals surface area contributed by atoms with Crippen LogP contribution in [0.5, 0.6) is 0 Å². The second-order valence-corrected chi connectivity index (χ2v) is 6.36. The quantitative estimate of drug-likeness (QED) is 0.675. The van der Waals surface area contributed by atoms with E-state index in [2.05, 4.69) is 27.8 Å². The number of nitrogens with one attached hydrogen (secondary N) is 2. The maximum atomic E-state index is 5.61. The molecule has 114 valence electrons. The van der Waals surface area contributed by atoms with E-state index in [0.29, 0.717) is 36.3 Å². The van der Waals surface area contributed by atoms with Gasteiger partial charge in [0, 0.05) is 24.9 Å². The number of ether oxygens (including phenoxy) is 1. The molecule has 20 heavy (non-hydrogen) atoms. The molecule has 0 bridgehead atoms. The number of methoxy groups -OCH3 is 1. The summed E-state index contributed by atoms with van der Waals surface area (Å²) in [6.45, 7) is 4.24. The van der Waals surface area contributed by atoms with Gasteiger partial charge in [-0.1, -0.05) is 18.4 Å². The molecule has 7 heteroatoms. The monoisotopic (exact) mass is 300 g/mol. The minimum atomic E-state index is 0.453. The molecule has 0 amide bonds. The van der Waals surface area contributed by atoms with Crippen LogP contribution in [0.4, 0.5) is 6.01 Å². The Bertz CT molecular complexity index is 388. The normalized spacial score (nSPS) is 22.3. The van der Waals surface area contributed by atoms with Crippen molar-refractivity contribution in [2.24, 2.45) is 0 Å². The van der Waals surface area contributed by atoms with Gasteiger partial charge >= 0.3 is 6.01 Å². The molecule has 2 atom stereocenters. The minimum Gasteiger partial charge on any atom is -0.407 e. The lowest BCUT2D eigenvalue weighted by Crippen LogP contribution is -2.26. The fourth-order valence-corrected chi connectivity index (χ4v) is 3.61. The van der Waals surface area contributed by atoms with Crippen molar-refractivity contribution in [3.63, 3.8) is 0 Å². The maximum Gasteiger partial charge on any atom is 0.315 e. The van der Waals surface area contributed by atoms with Crippen LogP contribution in [0.25, 0.3) is 0 Å². The fraction of sp³-hybridized carbons (Fsp3) is 0.846. The van der Waals surface area contributed by atoms with E-state index in [1.54, 1.807) is 7.11 Å². The minimum absolute atomic E-state index is 0.453. The number of thioether (sulfide) groups is 1. The Hall–Kier alpha value is -0.790. The van der Waals surface area contributed by atoms with Crippen LogP contribution < -0.4 is 10.6 Å². The third kappa shape index (κ3) is 4.64. The molecule has 1 aliphatic rings. The van der Waals surface area contributed by atoms with Crippen molar-refractivity contribution in [2.75, 3.05) is 31.3 Å². The van der Waals surface area contributed by atoms with Crippen LogP contribution in [0.3, 0.4) is 0 Å². The van der Waals surface area contributed by atoms with Crippen LogP contribution in [0.1, 0.15) is 32.1 Å². The van der Waals surface area contributed by atoms with Crippen molar-refractivity contribution >= 4 is 17.8 Å². The van der Waals surface area contributed by atoms with Gasteiger partial charge in [0.25, 0.3) is 0 Å². The smallest absolute Gasteiger partial charge is 0.315 e. The van der Waals surface area contributed by atoms with Crippen LogP contribution in [0, 0.1) is 0 Å². The number of hydrogen-bond acceptors (Lipinski definition) is 7. The molecular formula is C13H24N4O2S. The first-order chi connectivity index (χ1) is 9.83. The summed E-state index contributed by atoms with van der Waals surface area (Å²) >= 11 is 2.01. The van der Waals surface area contributed by atoms with Crippen molar-refractivity contribution < 1.29 is 9.15 Å². The first-order valence-electron chi connectivity index (χ1n) is 7.23. The number of anilines is 1. The maximum absolute atomic E-state index is 5.61. The molecule has 0 radical (unpaired) electrons. The van der Waals surface area contributed by atoms with Crippen LogP contribution in [0.15, 0.2) is 4.42 Å². The average molecular weight is 300 g/mol. The van der Waals surface area contributed by atoms with Gasteiger partial charge in [0.05, 0.1) is 13.2 Å². The summed E-state index contributed by atoms with van der Waals surface area (Å²) < 4.78 is 10.6. The fourth-order valence-electron chi connectivity index (χ4n) is 2.42. The highest BCUT2D eigenvalue weighted by Crippen LogP contribution is 2.31. The Morgan fingerprint density at radius 1 is 1.40 bits per heavy atom. The van der Waals surface area contributed by atoms with Gasteiger partial charge in [-0.25, -0.2) is 0 Å². The summed E-state index contributed by atoms with van der Waals surface area (Å²) in [4.78, 5) is 0. The van der Waals surface area contributed by atoms with E-state index in [0.717, 1.165) is 12.3 Å². The third-order valence-electron chi connectivity index (χ3n) is 3.37. The first-order valence-corrected chi connectivity index (χ1v) is 8.28. The molecule has 1 aromatic rings. The molecule has 1 aliphatic carbocycles. The van der Waals surface area contributed by atoms with E-state index in [1.807, 2.05) is 11.8 Å². The zero-order chi connectivity index (χ0) is 14.2. The molecule has 1 fully saturated rings. The molecule has 0 aromatic carbocycles. The van der Waals surface area contributed by atoms with Gasteiger partial charge in [-0.3, -0.25) is 0 Å². The van der Waals surface area contributed by atoms with Crippen LogP contribution >= 0.6 is 11.8 Å². The van der Waals surface area contributed by atoms with E-state index in [-0.39, 0.29) is 0 Å². The lowest BCUT2D eigenvalue weighted by atomic mass is 10.2. The Balaban J connectivity index is 1.77. The number of hydrogen-bond donors (Lipinski definition) is 2. The highest BCUT2D eigenvalue weighted by atomic mass is 32.2. The van der Waals surface area contributed by atoms with Crippen molar-refractivity contribution in [1.29, 1.82) is 0 Å². The zero-order valence-electron chi connectivity index (χ0n) is 12.2. The van der Waals surface area contributed by atoms with Crippen LogP contribution in [0.2, 0.25) is 0 Å². The number of rotatable bonds is 9. The van der Waals surface area contributed by atoms with Gasteiger partial charge in [-0.05, 0) is 18.6 Å². The lowest BCUT2D eigenvalue weighted by Gasteiger charge is -2.18. The number of nitrogens with zero attached hydrogens (tertiary/aromatic N) is 2. The third-order valence-corrected chi connectivity index (χ3v) is 4.69. The van der Waals surface area contributed by atoms with E-state index in [1.165, 1.54) is 19.3 Å². The molecule has 0 spiro atoms. The molecule has 1 saturated carbocycles. The van der Waals surface area contributed by atoms with Gasteiger partial charge in [0.1, 0.15) is 0 Å². The van der Waals surface area contributed by atoms with E-state index >= 15 is 0 Å². The summed E-state index contributed by atoms with van der Waals surface area (Å²) in [6.07, 6.45) is 3.73. The zero-order valence-corrected chi connectivity index (χ0v) is 13.0. The van der Waals surface area contributed by atoms with E-state index in [9.17, 15) is 0 Å². The van der Waals surface area contributed by atoms with E-state index < -0.39 is 0 Å². The summed E-state index contributed by atoms with van der Waals surface area (Å²) in [5.41, 5.74) is 0. The average Bonchev–Trinajstić information content (AvgIpc) is 3.06. The predicted molar refractivity (Wildman–Crippen MR) is 81.1 cm³/mol. The molecule has 2 unspecified atom stereocenters. The molecule has 2 rings (SSSR count). The number of aromatic nitrogens is 2. The highest BCUT2D eigenvalue weighted by molar-refractivity contribution is 7.99. The standard InChI is InChI=1S/C13H24N4O2S/c1-3-20-11-6-4-5-10(11)15-13-17-16-12(19-13)9-14-7-8-18-2/h10-11,14H,3-9H2,1-2H3,(H,15,17). The van der Waals surface area contributed by atoms with Crippen molar-refractivity contribution in [1.82, 2.24) is 15.5 Å². The molecule has 0 aliphatic heterocycles. The largest absolute Gasteiger partial charge is 0.407 e. The van der Waals surface area contributed by atoms with Gasteiger partial charge < -0.3 is 19.8 Å². The highest BCUT2D eigenvalue weighted by Gasteiger charge is 2.28. The topological polar surface area (TPSA) is 72.2 Å². The van der Waals surface area contributed by atoms with Crippen molar-refractivity contribution in [2.45, 2.75) is 44.0 Å². The molecule has 1 aromatic heterocycles. The molecule has 6 nitrogen and oxygen atoms in total. The second-order valence-electron chi connectivity index (χ2n) is 4.85. The van der Waals surface area contributed by atoms with Gasteiger partial charge in [0.2, 0.25) is 5.89 Å². The molecular weight excluding hydrogens is 276 g/mol.